The van der Waals surface area contributed by atoms with Crippen molar-refractivity contribution in [3.8, 4) is 5.13 Å². The SMILES string of the molecule is Cc1ccc(NCc2cccn2-c2nnc(N3CCC(C(=O)NC4CCCC4)CC3)s2)cc1. The number of rotatable bonds is 7. The monoisotopic (exact) mass is 464 g/mol. The predicted octanol–water partition coefficient (Wildman–Crippen LogP) is 4.52. The predicted molar refractivity (Wildman–Crippen MR) is 133 cm³/mol. The highest BCUT2D eigenvalue weighted by Crippen LogP contribution is 2.29. The summed E-state index contributed by atoms with van der Waals surface area (Å²) in [7, 11) is 0. The topological polar surface area (TPSA) is 75.1 Å². The quantitative estimate of drug-likeness (QED) is 0.538. The average molecular weight is 465 g/mol. The largest absolute Gasteiger partial charge is 0.379 e. The fourth-order valence-electron chi connectivity index (χ4n) is 4.77. The Morgan fingerprint density at radius 2 is 1.76 bits per heavy atom. The molecule has 2 fully saturated rings. The van der Waals surface area contributed by atoms with Gasteiger partial charge in [0, 0.05) is 42.6 Å². The highest BCUT2D eigenvalue weighted by Gasteiger charge is 2.28. The van der Waals surface area contributed by atoms with Gasteiger partial charge in [-0.25, -0.2) is 0 Å². The highest BCUT2D eigenvalue weighted by atomic mass is 32.1. The molecule has 3 heterocycles. The molecule has 1 saturated carbocycles. The fraction of sp³-hybridized carbons (Fsp3) is 0.480. The first-order chi connectivity index (χ1) is 16.2. The van der Waals surface area contributed by atoms with Gasteiger partial charge in [-0.2, -0.15) is 0 Å². The molecular formula is C25H32N6OS. The molecule has 0 bridgehead atoms. The van der Waals surface area contributed by atoms with Crippen LogP contribution >= 0.6 is 11.3 Å². The van der Waals surface area contributed by atoms with Gasteiger partial charge >= 0.3 is 0 Å². The first-order valence-electron chi connectivity index (χ1n) is 12.0. The maximum absolute atomic E-state index is 12.6. The van der Waals surface area contributed by atoms with Crippen molar-refractivity contribution >= 4 is 28.1 Å². The van der Waals surface area contributed by atoms with Gasteiger partial charge in [0.2, 0.25) is 16.2 Å². The fourth-order valence-corrected chi connectivity index (χ4v) is 5.68. The molecule has 2 aliphatic rings. The van der Waals surface area contributed by atoms with Crippen LogP contribution in [0.15, 0.2) is 42.6 Å². The second-order valence-corrected chi connectivity index (χ2v) is 10.1. The van der Waals surface area contributed by atoms with Gasteiger partial charge in [0.15, 0.2) is 0 Å². The Morgan fingerprint density at radius 1 is 1.03 bits per heavy atom. The molecule has 33 heavy (non-hydrogen) atoms. The van der Waals surface area contributed by atoms with Crippen molar-refractivity contribution in [2.45, 2.75) is 58.0 Å². The minimum atomic E-state index is 0.123. The Kier molecular flexibility index (Phi) is 6.62. The highest BCUT2D eigenvalue weighted by molar-refractivity contribution is 7.17. The minimum Gasteiger partial charge on any atom is -0.379 e. The van der Waals surface area contributed by atoms with Crippen molar-refractivity contribution < 1.29 is 4.79 Å². The van der Waals surface area contributed by atoms with E-state index in [9.17, 15) is 4.79 Å². The van der Waals surface area contributed by atoms with E-state index >= 15 is 0 Å². The van der Waals surface area contributed by atoms with Gasteiger partial charge in [-0.15, -0.1) is 10.2 Å². The Balaban J connectivity index is 1.17. The standard InChI is InChI=1S/C25H32N6OS/c1-18-8-10-20(11-9-18)26-17-22-7-4-14-31(22)25-29-28-24(33-25)30-15-12-19(13-16-30)23(32)27-21-5-2-3-6-21/h4,7-11,14,19,21,26H,2-3,5-6,12-13,15-17H2,1H3,(H,27,32). The van der Waals surface area contributed by atoms with E-state index in [0.717, 1.165) is 60.4 Å². The van der Waals surface area contributed by atoms with Crippen LogP contribution in [0.2, 0.25) is 0 Å². The van der Waals surface area contributed by atoms with Gasteiger partial charge in [-0.05, 0) is 56.9 Å². The smallest absolute Gasteiger partial charge is 0.223 e. The van der Waals surface area contributed by atoms with Crippen LogP contribution in [0.3, 0.4) is 0 Å². The second kappa shape index (κ2) is 9.95. The number of aryl methyl sites for hydroxylation is 1. The first-order valence-corrected chi connectivity index (χ1v) is 12.8. The van der Waals surface area contributed by atoms with E-state index in [4.69, 9.17) is 0 Å². The maximum Gasteiger partial charge on any atom is 0.223 e. The lowest BCUT2D eigenvalue weighted by molar-refractivity contribution is -0.126. The summed E-state index contributed by atoms with van der Waals surface area (Å²) in [5, 5.41) is 17.5. The van der Waals surface area contributed by atoms with Gasteiger partial charge in [0.1, 0.15) is 0 Å². The number of carbonyl (C=O) groups excluding carboxylic acids is 1. The van der Waals surface area contributed by atoms with Crippen molar-refractivity contribution in [2.24, 2.45) is 5.92 Å². The van der Waals surface area contributed by atoms with E-state index in [2.05, 4.69) is 67.6 Å². The van der Waals surface area contributed by atoms with E-state index in [1.54, 1.807) is 11.3 Å². The summed E-state index contributed by atoms with van der Waals surface area (Å²) < 4.78 is 2.10. The number of hydrogen-bond acceptors (Lipinski definition) is 6. The molecule has 2 aromatic heterocycles. The van der Waals surface area contributed by atoms with Gasteiger partial charge in [-0.3, -0.25) is 9.36 Å². The van der Waals surface area contributed by atoms with Gasteiger partial charge in [0.05, 0.1) is 6.54 Å². The Bertz CT molecular complexity index is 1060. The Labute approximate surface area is 199 Å². The molecule has 1 amide bonds. The lowest BCUT2D eigenvalue weighted by Gasteiger charge is -2.31. The number of anilines is 2. The zero-order chi connectivity index (χ0) is 22.6. The summed E-state index contributed by atoms with van der Waals surface area (Å²) in [5.41, 5.74) is 3.50. The molecule has 0 unspecified atom stereocenters. The van der Waals surface area contributed by atoms with E-state index < -0.39 is 0 Å². The average Bonchev–Trinajstić information content (AvgIpc) is 3.60. The zero-order valence-corrected chi connectivity index (χ0v) is 20.0. The lowest BCUT2D eigenvalue weighted by Crippen LogP contribution is -2.43. The molecule has 1 aromatic carbocycles. The molecule has 1 aliphatic heterocycles. The van der Waals surface area contributed by atoms with E-state index in [1.807, 2.05) is 12.3 Å². The molecule has 2 N–H and O–H groups in total. The number of nitrogens with one attached hydrogen (secondary N) is 2. The number of piperidine rings is 1. The molecule has 7 nitrogen and oxygen atoms in total. The van der Waals surface area contributed by atoms with Crippen LogP contribution in [-0.2, 0) is 11.3 Å². The van der Waals surface area contributed by atoms with Crippen LogP contribution < -0.4 is 15.5 Å². The van der Waals surface area contributed by atoms with E-state index in [1.165, 1.54) is 18.4 Å². The molecular weight excluding hydrogens is 432 g/mol. The van der Waals surface area contributed by atoms with Crippen LogP contribution in [0, 0.1) is 12.8 Å². The molecule has 0 spiro atoms. The van der Waals surface area contributed by atoms with Crippen molar-refractivity contribution in [1.82, 2.24) is 20.1 Å². The summed E-state index contributed by atoms with van der Waals surface area (Å²) in [6.45, 7) is 4.51. The molecule has 174 valence electrons. The van der Waals surface area contributed by atoms with Crippen molar-refractivity contribution in [2.75, 3.05) is 23.3 Å². The molecule has 3 aromatic rings. The van der Waals surface area contributed by atoms with Crippen molar-refractivity contribution in [3.05, 3.63) is 53.9 Å². The molecule has 1 saturated heterocycles. The third kappa shape index (κ3) is 5.21. The number of nitrogens with zero attached hydrogens (tertiary/aromatic N) is 4. The Morgan fingerprint density at radius 3 is 2.52 bits per heavy atom. The van der Waals surface area contributed by atoms with Crippen LogP contribution in [0.1, 0.15) is 49.8 Å². The van der Waals surface area contributed by atoms with Crippen molar-refractivity contribution in [1.29, 1.82) is 0 Å². The zero-order valence-electron chi connectivity index (χ0n) is 19.2. The van der Waals surface area contributed by atoms with Crippen LogP contribution in [0.5, 0.6) is 0 Å². The van der Waals surface area contributed by atoms with Crippen LogP contribution in [0.4, 0.5) is 10.8 Å². The van der Waals surface area contributed by atoms with Crippen molar-refractivity contribution in [3.63, 3.8) is 0 Å². The number of carbonyl (C=O) groups is 1. The molecule has 0 radical (unpaired) electrons. The number of aromatic nitrogens is 3. The third-order valence-corrected chi connectivity index (χ3v) is 7.79. The lowest BCUT2D eigenvalue weighted by atomic mass is 9.96. The van der Waals surface area contributed by atoms with Gasteiger partial charge in [-0.1, -0.05) is 41.9 Å². The maximum atomic E-state index is 12.6. The summed E-state index contributed by atoms with van der Waals surface area (Å²) >= 11 is 1.61. The number of hydrogen-bond donors (Lipinski definition) is 2. The van der Waals surface area contributed by atoms with E-state index in [0.29, 0.717) is 12.6 Å². The van der Waals surface area contributed by atoms with Crippen LogP contribution in [0.25, 0.3) is 5.13 Å². The molecule has 1 aliphatic carbocycles. The molecule has 0 atom stereocenters. The van der Waals surface area contributed by atoms with Gasteiger partial charge < -0.3 is 15.5 Å². The minimum absolute atomic E-state index is 0.123. The number of amides is 1. The summed E-state index contributed by atoms with van der Waals surface area (Å²) in [5.74, 6) is 0.371. The molecule has 5 rings (SSSR count). The summed E-state index contributed by atoms with van der Waals surface area (Å²) in [4.78, 5) is 14.9. The normalized spacial score (nSPS) is 17.4. The summed E-state index contributed by atoms with van der Waals surface area (Å²) in [6.07, 6.45) is 8.56. The number of benzene rings is 1. The first kappa shape index (κ1) is 21.9. The van der Waals surface area contributed by atoms with Gasteiger partial charge in [0.25, 0.3) is 0 Å². The van der Waals surface area contributed by atoms with E-state index in [-0.39, 0.29) is 11.8 Å². The van der Waals surface area contributed by atoms with Crippen LogP contribution in [-0.4, -0.2) is 39.8 Å². The summed E-state index contributed by atoms with van der Waals surface area (Å²) in [6, 6.07) is 13.0. The Hall–Kier alpha value is -2.87. The second-order valence-electron chi connectivity index (χ2n) is 9.21. The molecule has 8 heteroatoms. The third-order valence-electron chi connectivity index (χ3n) is 6.81.